The third kappa shape index (κ3) is 3.28. The van der Waals surface area contributed by atoms with Crippen molar-refractivity contribution in [3.05, 3.63) is 56.3 Å². The van der Waals surface area contributed by atoms with Crippen LogP contribution in [0, 0.1) is 0 Å². The summed E-state index contributed by atoms with van der Waals surface area (Å²) >= 11 is 5.96. The third-order valence-corrected chi connectivity index (χ3v) is 5.08. The van der Waals surface area contributed by atoms with Crippen molar-refractivity contribution in [1.29, 1.82) is 0 Å². The summed E-state index contributed by atoms with van der Waals surface area (Å²) in [7, 11) is 3.16. The Hall–Kier alpha value is -2.87. The summed E-state index contributed by atoms with van der Waals surface area (Å²) in [6.45, 7) is 1.42. The molecule has 0 saturated carbocycles. The average Bonchev–Trinajstić information content (AvgIpc) is 3.11. The molecular formula is C18H19ClN6O2. The molecule has 3 aromatic rings. The highest BCUT2D eigenvalue weighted by molar-refractivity contribution is 6.31. The van der Waals surface area contributed by atoms with Crippen LogP contribution in [-0.2, 0) is 14.1 Å². The summed E-state index contributed by atoms with van der Waals surface area (Å²) in [5.74, 6) is 1.37. The second-order valence-corrected chi connectivity index (χ2v) is 7.15. The molecule has 8 nitrogen and oxygen atoms in total. The first-order valence-corrected chi connectivity index (χ1v) is 9.01. The molecule has 1 aliphatic heterocycles. The van der Waals surface area contributed by atoms with E-state index in [9.17, 15) is 9.59 Å². The largest absolute Gasteiger partial charge is 0.365 e. The number of anilines is 2. The van der Waals surface area contributed by atoms with Gasteiger partial charge in [0.2, 0.25) is 0 Å². The number of rotatable bonds is 3. The van der Waals surface area contributed by atoms with Gasteiger partial charge >= 0.3 is 5.69 Å². The summed E-state index contributed by atoms with van der Waals surface area (Å²) in [4.78, 5) is 34.9. The van der Waals surface area contributed by atoms with Crippen LogP contribution in [0.2, 0.25) is 5.02 Å². The maximum atomic E-state index is 12.1. The molecule has 0 bridgehead atoms. The van der Waals surface area contributed by atoms with E-state index in [1.165, 1.54) is 17.7 Å². The first-order chi connectivity index (χ1) is 12.9. The monoisotopic (exact) mass is 386 g/mol. The van der Waals surface area contributed by atoms with Crippen LogP contribution in [0.5, 0.6) is 0 Å². The van der Waals surface area contributed by atoms with Gasteiger partial charge in [-0.05, 0) is 24.6 Å². The lowest BCUT2D eigenvalue weighted by Gasteiger charge is -2.21. The predicted octanol–water partition coefficient (Wildman–Crippen LogP) is 1.37. The molecule has 0 spiro atoms. The molecule has 27 heavy (non-hydrogen) atoms. The van der Waals surface area contributed by atoms with Gasteiger partial charge in [-0.15, -0.1) is 0 Å². The fourth-order valence-corrected chi connectivity index (χ4v) is 3.55. The Morgan fingerprint density at radius 3 is 2.81 bits per heavy atom. The molecule has 1 N–H and O–H groups in total. The molecule has 0 amide bonds. The summed E-state index contributed by atoms with van der Waals surface area (Å²) in [5, 5.41) is 4.88. The molecule has 0 radical (unpaired) electrons. The highest BCUT2D eigenvalue weighted by atomic mass is 35.5. The second-order valence-electron chi connectivity index (χ2n) is 6.71. The van der Waals surface area contributed by atoms with E-state index >= 15 is 0 Å². The van der Waals surface area contributed by atoms with Crippen LogP contribution < -0.4 is 21.5 Å². The zero-order valence-corrected chi connectivity index (χ0v) is 15.8. The zero-order chi connectivity index (χ0) is 19.1. The van der Waals surface area contributed by atoms with Gasteiger partial charge in [-0.1, -0.05) is 11.6 Å². The van der Waals surface area contributed by atoms with Crippen molar-refractivity contribution in [3.63, 3.8) is 0 Å². The Bertz CT molecular complexity index is 1140. The molecule has 9 heteroatoms. The standard InChI is InChI=1S/C18H19ClN6O2/c1-23-15(8-16(26)24(2)18(23)27)25-6-5-13(10-25)21-14-4-3-11-7-12(19)9-20-17(11)22-14/h3-4,7-9,13H,5-6,10H2,1-2H3,(H,20,21,22)/t13-/m1/s1. The summed E-state index contributed by atoms with van der Waals surface area (Å²) in [5.41, 5.74) is 0.00786. The number of pyridine rings is 2. The Labute approximate surface area is 160 Å². The molecule has 140 valence electrons. The molecule has 0 unspecified atom stereocenters. The number of halogens is 1. The Morgan fingerprint density at radius 2 is 2.00 bits per heavy atom. The van der Waals surface area contributed by atoms with E-state index in [4.69, 9.17) is 11.6 Å². The minimum atomic E-state index is -0.324. The molecule has 4 rings (SSSR count). The number of nitrogens with one attached hydrogen (secondary N) is 1. The molecule has 1 aliphatic rings. The number of hydrogen-bond donors (Lipinski definition) is 1. The van der Waals surface area contributed by atoms with E-state index in [1.54, 1.807) is 13.2 Å². The highest BCUT2D eigenvalue weighted by Gasteiger charge is 2.25. The van der Waals surface area contributed by atoms with Crippen molar-refractivity contribution in [2.24, 2.45) is 14.1 Å². The van der Waals surface area contributed by atoms with Crippen LogP contribution in [0.4, 0.5) is 11.6 Å². The fourth-order valence-electron chi connectivity index (χ4n) is 3.38. The smallest absolute Gasteiger partial charge is 0.332 e. The van der Waals surface area contributed by atoms with Crippen LogP contribution in [0.1, 0.15) is 6.42 Å². The summed E-state index contributed by atoms with van der Waals surface area (Å²) in [6, 6.07) is 7.32. The molecule has 3 aromatic heterocycles. The number of nitrogens with zero attached hydrogens (tertiary/aromatic N) is 5. The molecule has 4 heterocycles. The van der Waals surface area contributed by atoms with Crippen LogP contribution in [-0.4, -0.2) is 38.2 Å². The lowest BCUT2D eigenvalue weighted by molar-refractivity contribution is 0.672. The van der Waals surface area contributed by atoms with Gasteiger partial charge in [0, 0.05) is 50.9 Å². The van der Waals surface area contributed by atoms with Gasteiger partial charge in [0.15, 0.2) is 5.65 Å². The molecule has 0 aromatic carbocycles. The maximum absolute atomic E-state index is 12.1. The van der Waals surface area contributed by atoms with Crippen molar-refractivity contribution >= 4 is 34.3 Å². The van der Waals surface area contributed by atoms with Crippen LogP contribution >= 0.6 is 11.6 Å². The van der Waals surface area contributed by atoms with Crippen molar-refractivity contribution in [2.45, 2.75) is 12.5 Å². The Balaban J connectivity index is 1.53. The predicted molar refractivity (Wildman–Crippen MR) is 106 cm³/mol. The minimum absolute atomic E-state index is 0.154. The number of fused-ring (bicyclic) bond motifs is 1. The zero-order valence-electron chi connectivity index (χ0n) is 15.0. The van der Waals surface area contributed by atoms with Crippen LogP contribution in [0.3, 0.4) is 0 Å². The van der Waals surface area contributed by atoms with E-state index in [-0.39, 0.29) is 17.3 Å². The summed E-state index contributed by atoms with van der Waals surface area (Å²) in [6.07, 6.45) is 2.45. The van der Waals surface area contributed by atoms with E-state index in [1.807, 2.05) is 23.1 Å². The van der Waals surface area contributed by atoms with E-state index < -0.39 is 0 Å². The molecule has 1 atom stereocenters. The first-order valence-electron chi connectivity index (χ1n) is 8.63. The van der Waals surface area contributed by atoms with E-state index in [0.29, 0.717) is 23.0 Å². The third-order valence-electron chi connectivity index (χ3n) is 4.87. The van der Waals surface area contributed by atoms with Gasteiger partial charge in [-0.3, -0.25) is 13.9 Å². The molecule has 0 aliphatic carbocycles. The average molecular weight is 387 g/mol. The molecule has 1 saturated heterocycles. The van der Waals surface area contributed by atoms with E-state index in [2.05, 4.69) is 15.3 Å². The van der Waals surface area contributed by atoms with Crippen molar-refractivity contribution in [3.8, 4) is 0 Å². The number of hydrogen-bond acceptors (Lipinski definition) is 6. The second kappa shape index (κ2) is 6.70. The SMILES string of the molecule is Cn1c(N2CC[C@@H](Nc3ccc4cc(Cl)cnc4n3)C2)cc(=O)n(C)c1=O. The van der Waals surface area contributed by atoms with E-state index in [0.717, 1.165) is 28.7 Å². The molecule has 1 fully saturated rings. The lowest BCUT2D eigenvalue weighted by Crippen LogP contribution is -2.40. The fraction of sp³-hybridized carbons (Fsp3) is 0.333. The Kier molecular flexibility index (Phi) is 4.35. The van der Waals surface area contributed by atoms with Crippen molar-refractivity contribution < 1.29 is 0 Å². The molecular weight excluding hydrogens is 368 g/mol. The van der Waals surface area contributed by atoms with Gasteiger partial charge in [0.1, 0.15) is 11.6 Å². The van der Waals surface area contributed by atoms with Gasteiger partial charge < -0.3 is 10.2 Å². The lowest BCUT2D eigenvalue weighted by atomic mass is 10.2. The number of aromatic nitrogens is 4. The normalized spacial score (nSPS) is 16.9. The maximum Gasteiger partial charge on any atom is 0.332 e. The van der Waals surface area contributed by atoms with Gasteiger partial charge in [-0.25, -0.2) is 14.8 Å². The van der Waals surface area contributed by atoms with Crippen molar-refractivity contribution in [1.82, 2.24) is 19.1 Å². The topological polar surface area (TPSA) is 85.1 Å². The van der Waals surface area contributed by atoms with Gasteiger partial charge in [0.05, 0.1) is 5.02 Å². The van der Waals surface area contributed by atoms with Crippen LogP contribution in [0.25, 0.3) is 11.0 Å². The quantitative estimate of drug-likeness (QED) is 0.731. The van der Waals surface area contributed by atoms with Crippen molar-refractivity contribution in [2.75, 3.05) is 23.3 Å². The minimum Gasteiger partial charge on any atom is -0.365 e. The summed E-state index contributed by atoms with van der Waals surface area (Å²) < 4.78 is 2.61. The van der Waals surface area contributed by atoms with Gasteiger partial charge in [-0.2, -0.15) is 0 Å². The highest BCUT2D eigenvalue weighted by Crippen LogP contribution is 2.22. The Morgan fingerprint density at radius 1 is 1.19 bits per heavy atom. The van der Waals surface area contributed by atoms with Gasteiger partial charge in [0.25, 0.3) is 5.56 Å². The first kappa shape index (κ1) is 17.5. The van der Waals surface area contributed by atoms with Crippen LogP contribution in [0.15, 0.2) is 40.1 Å².